The fraction of sp³-hybridized carbons (Fsp3) is 0.583. The predicted octanol–water partition coefficient (Wildman–Crippen LogP) is 3.12. The standard InChI is InChI=1S/C12H18ClNO2/c1-4-12(5-2,8-13)14-11(15)10-7-6-9(3)16-10/h6-7H,4-5,8H2,1-3H3,(H,14,15). The maximum atomic E-state index is 11.9. The minimum Gasteiger partial charge on any atom is -0.456 e. The third kappa shape index (κ3) is 2.79. The van der Waals surface area contributed by atoms with Crippen LogP contribution in [0.1, 0.15) is 43.0 Å². The average Bonchev–Trinajstić information content (AvgIpc) is 2.73. The Morgan fingerprint density at radius 3 is 2.44 bits per heavy atom. The summed E-state index contributed by atoms with van der Waals surface area (Å²) >= 11 is 5.92. The van der Waals surface area contributed by atoms with E-state index in [9.17, 15) is 4.79 Å². The molecular formula is C12H18ClNO2. The number of aryl methyl sites for hydroxylation is 1. The predicted molar refractivity (Wildman–Crippen MR) is 64.9 cm³/mol. The lowest BCUT2D eigenvalue weighted by Crippen LogP contribution is -2.49. The van der Waals surface area contributed by atoms with Gasteiger partial charge in [0, 0.05) is 5.88 Å². The maximum absolute atomic E-state index is 11.9. The fourth-order valence-electron chi connectivity index (χ4n) is 1.51. The number of hydrogen-bond donors (Lipinski definition) is 1. The molecule has 1 N–H and O–H groups in total. The van der Waals surface area contributed by atoms with Crippen molar-refractivity contribution < 1.29 is 9.21 Å². The van der Waals surface area contributed by atoms with Gasteiger partial charge in [-0.3, -0.25) is 4.79 Å². The molecule has 0 radical (unpaired) electrons. The van der Waals surface area contributed by atoms with Crippen LogP contribution >= 0.6 is 11.6 Å². The van der Waals surface area contributed by atoms with Crippen molar-refractivity contribution in [3.63, 3.8) is 0 Å². The molecule has 16 heavy (non-hydrogen) atoms. The molecule has 1 aromatic rings. The smallest absolute Gasteiger partial charge is 0.287 e. The highest BCUT2D eigenvalue weighted by atomic mass is 35.5. The van der Waals surface area contributed by atoms with E-state index >= 15 is 0 Å². The zero-order valence-corrected chi connectivity index (χ0v) is 10.7. The van der Waals surface area contributed by atoms with Crippen LogP contribution in [0.2, 0.25) is 0 Å². The molecule has 1 rings (SSSR count). The molecule has 3 nitrogen and oxygen atoms in total. The third-order valence-electron chi connectivity index (χ3n) is 2.95. The number of carbonyl (C=O) groups excluding carboxylic acids is 1. The van der Waals surface area contributed by atoms with Crippen molar-refractivity contribution in [2.24, 2.45) is 0 Å². The quantitative estimate of drug-likeness (QED) is 0.808. The van der Waals surface area contributed by atoms with E-state index in [1.54, 1.807) is 12.1 Å². The number of amides is 1. The van der Waals surface area contributed by atoms with Gasteiger partial charge in [-0.15, -0.1) is 11.6 Å². The monoisotopic (exact) mass is 243 g/mol. The molecule has 0 unspecified atom stereocenters. The summed E-state index contributed by atoms with van der Waals surface area (Å²) in [5.41, 5.74) is -0.334. The van der Waals surface area contributed by atoms with Crippen molar-refractivity contribution in [1.29, 1.82) is 0 Å². The molecule has 0 saturated carbocycles. The second-order valence-electron chi connectivity index (χ2n) is 3.99. The van der Waals surface area contributed by atoms with E-state index in [0.29, 0.717) is 11.6 Å². The second-order valence-corrected chi connectivity index (χ2v) is 4.25. The van der Waals surface area contributed by atoms with Gasteiger partial charge in [0.15, 0.2) is 5.76 Å². The molecule has 1 aromatic heterocycles. The van der Waals surface area contributed by atoms with Crippen LogP contribution in [0, 0.1) is 6.92 Å². The number of alkyl halides is 1. The van der Waals surface area contributed by atoms with Crippen LogP contribution in [0.4, 0.5) is 0 Å². The molecule has 0 atom stereocenters. The molecule has 0 aliphatic rings. The van der Waals surface area contributed by atoms with Crippen molar-refractivity contribution in [3.05, 3.63) is 23.7 Å². The number of nitrogens with one attached hydrogen (secondary N) is 1. The van der Waals surface area contributed by atoms with Crippen LogP contribution in [0.5, 0.6) is 0 Å². The highest BCUT2D eigenvalue weighted by Crippen LogP contribution is 2.18. The highest BCUT2D eigenvalue weighted by Gasteiger charge is 2.28. The number of furan rings is 1. The molecule has 0 bridgehead atoms. The van der Waals surface area contributed by atoms with Crippen LogP contribution < -0.4 is 5.32 Å². The Hall–Kier alpha value is -0.960. The van der Waals surface area contributed by atoms with E-state index in [2.05, 4.69) is 5.32 Å². The van der Waals surface area contributed by atoms with E-state index in [-0.39, 0.29) is 11.4 Å². The van der Waals surface area contributed by atoms with E-state index in [1.165, 1.54) is 0 Å². The first-order valence-corrected chi connectivity index (χ1v) is 6.05. The number of carbonyl (C=O) groups is 1. The molecule has 0 aromatic carbocycles. The van der Waals surface area contributed by atoms with Gasteiger partial charge in [-0.05, 0) is 31.9 Å². The molecule has 0 saturated heterocycles. The first-order chi connectivity index (χ1) is 7.56. The molecule has 4 heteroatoms. The summed E-state index contributed by atoms with van der Waals surface area (Å²) in [7, 11) is 0. The molecule has 0 aliphatic heterocycles. The summed E-state index contributed by atoms with van der Waals surface area (Å²) in [4.78, 5) is 11.9. The highest BCUT2D eigenvalue weighted by molar-refractivity contribution is 6.18. The lowest BCUT2D eigenvalue weighted by Gasteiger charge is -2.30. The lowest BCUT2D eigenvalue weighted by molar-refractivity contribution is 0.0872. The van der Waals surface area contributed by atoms with E-state index in [1.807, 2.05) is 20.8 Å². The minimum atomic E-state index is -0.334. The zero-order chi connectivity index (χ0) is 12.2. The zero-order valence-electron chi connectivity index (χ0n) is 9.97. The van der Waals surface area contributed by atoms with Gasteiger partial charge in [-0.2, -0.15) is 0 Å². The molecular weight excluding hydrogens is 226 g/mol. The summed E-state index contributed by atoms with van der Waals surface area (Å²) < 4.78 is 5.27. The first-order valence-electron chi connectivity index (χ1n) is 5.52. The number of hydrogen-bond acceptors (Lipinski definition) is 2. The Bertz CT molecular complexity index is 347. The van der Waals surface area contributed by atoms with Crippen molar-refractivity contribution in [1.82, 2.24) is 5.32 Å². The van der Waals surface area contributed by atoms with E-state index in [0.717, 1.165) is 18.6 Å². The SMILES string of the molecule is CCC(CC)(CCl)NC(=O)c1ccc(C)o1. The van der Waals surface area contributed by atoms with Gasteiger partial charge in [0.25, 0.3) is 5.91 Å². The Balaban J connectivity index is 2.76. The Kier molecular flexibility index (Phi) is 4.42. The largest absolute Gasteiger partial charge is 0.456 e. The van der Waals surface area contributed by atoms with Crippen molar-refractivity contribution in [2.75, 3.05) is 5.88 Å². The van der Waals surface area contributed by atoms with Gasteiger partial charge in [-0.25, -0.2) is 0 Å². The summed E-state index contributed by atoms with van der Waals surface area (Å²) in [6.07, 6.45) is 1.61. The van der Waals surface area contributed by atoms with Crippen LogP contribution in [0.25, 0.3) is 0 Å². The van der Waals surface area contributed by atoms with E-state index < -0.39 is 0 Å². The second kappa shape index (κ2) is 5.39. The number of rotatable bonds is 5. The van der Waals surface area contributed by atoms with Gasteiger partial charge in [0.2, 0.25) is 0 Å². The summed E-state index contributed by atoms with van der Waals surface area (Å²) in [5.74, 6) is 1.28. The first kappa shape index (κ1) is 13.1. The summed E-state index contributed by atoms with van der Waals surface area (Å²) in [6.45, 7) is 5.84. The summed E-state index contributed by atoms with van der Waals surface area (Å²) in [6, 6.07) is 3.45. The van der Waals surface area contributed by atoms with Crippen LogP contribution in [0.15, 0.2) is 16.5 Å². The molecule has 1 heterocycles. The molecule has 0 aliphatic carbocycles. The Morgan fingerprint density at radius 2 is 2.06 bits per heavy atom. The molecule has 90 valence electrons. The average molecular weight is 244 g/mol. The number of halogens is 1. The van der Waals surface area contributed by atoms with Gasteiger partial charge in [0.05, 0.1) is 5.54 Å². The molecule has 0 fully saturated rings. The van der Waals surface area contributed by atoms with Gasteiger partial charge < -0.3 is 9.73 Å². The van der Waals surface area contributed by atoms with Gasteiger partial charge >= 0.3 is 0 Å². The molecule has 0 spiro atoms. The van der Waals surface area contributed by atoms with Crippen LogP contribution in [-0.4, -0.2) is 17.3 Å². The normalized spacial score (nSPS) is 11.5. The maximum Gasteiger partial charge on any atom is 0.287 e. The topological polar surface area (TPSA) is 42.2 Å². The van der Waals surface area contributed by atoms with Crippen LogP contribution in [-0.2, 0) is 0 Å². The summed E-state index contributed by atoms with van der Waals surface area (Å²) in [5, 5.41) is 2.94. The Labute approximate surface area is 101 Å². The molecule has 1 amide bonds. The fourth-order valence-corrected chi connectivity index (χ4v) is 1.95. The third-order valence-corrected chi connectivity index (χ3v) is 3.46. The van der Waals surface area contributed by atoms with E-state index in [4.69, 9.17) is 16.0 Å². The van der Waals surface area contributed by atoms with Crippen molar-refractivity contribution in [3.8, 4) is 0 Å². The van der Waals surface area contributed by atoms with Gasteiger partial charge in [-0.1, -0.05) is 13.8 Å². The van der Waals surface area contributed by atoms with Gasteiger partial charge in [0.1, 0.15) is 5.76 Å². The lowest BCUT2D eigenvalue weighted by atomic mass is 9.95. The van der Waals surface area contributed by atoms with Crippen molar-refractivity contribution in [2.45, 2.75) is 39.2 Å². The minimum absolute atomic E-state index is 0.197. The Morgan fingerprint density at radius 1 is 1.44 bits per heavy atom. The van der Waals surface area contributed by atoms with Crippen LogP contribution in [0.3, 0.4) is 0 Å². The van der Waals surface area contributed by atoms with Crippen molar-refractivity contribution >= 4 is 17.5 Å².